The normalized spacial score (nSPS) is 15.5. The van der Waals surface area contributed by atoms with Gasteiger partial charge >= 0.3 is 6.03 Å². The van der Waals surface area contributed by atoms with E-state index in [-0.39, 0.29) is 18.7 Å². The van der Waals surface area contributed by atoms with Crippen LogP contribution in [-0.4, -0.2) is 37.1 Å². The number of hydrogen-bond acceptors (Lipinski definition) is 5. The fraction of sp³-hybridized carbons (Fsp3) is 0.250. The van der Waals surface area contributed by atoms with Crippen molar-refractivity contribution in [3.63, 3.8) is 0 Å². The van der Waals surface area contributed by atoms with Crippen molar-refractivity contribution >= 4 is 23.5 Å². The van der Waals surface area contributed by atoms with Crippen LogP contribution in [-0.2, 0) is 9.59 Å². The molecule has 0 saturated carbocycles. The molecule has 1 fully saturated rings. The Kier molecular flexibility index (Phi) is 6.46. The van der Waals surface area contributed by atoms with Crippen molar-refractivity contribution in [3.05, 3.63) is 54.6 Å². The molecular formula is C20H21N3O5. The molecule has 1 atom stereocenters. The van der Waals surface area contributed by atoms with Gasteiger partial charge in [-0.15, -0.1) is 0 Å². The minimum absolute atomic E-state index is 0.0871. The Morgan fingerprint density at radius 1 is 0.964 bits per heavy atom. The Labute approximate surface area is 162 Å². The molecule has 2 aromatic rings. The third-order valence-electron chi connectivity index (χ3n) is 4.03. The number of benzene rings is 2. The smallest absolute Gasteiger partial charge is 0.322 e. The summed E-state index contributed by atoms with van der Waals surface area (Å²) >= 11 is 0. The van der Waals surface area contributed by atoms with E-state index in [1.54, 1.807) is 24.3 Å². The Hall–Kier alpha value is -3.55. The van der Waals surface area contributed by atoms with E-state index < -0.39 is 18.0 Å². The Bertz CT molecular complexity index is 841. The van der Waals surface area contributed by atoms with E-state index >= 15 is 0 Å². The molecule has 3 rings (SSSR count). The number of imide groups is 1. The van der Waals surface area contributed by atoms with Crippen molar-refractivity contribution in [3.8, 4) is 11.5 Å². The largest absolute Gasteiger partial charge is 0.490 e. The number of para-hydroxylation sites is 3. The van der Waals surface area contributed by atoms with Gasteiger partial charge in [0.25, 0.3) is 5.91 Å². The summed E-state index contributed by atoms with van der Waals surface area (Å²) in [7, 11) is 0. The van der Waals surface area contributed by atoms with Gasteiger partial charge in [0.1, 0.15) is 30.8 Å². The molecule has 0 aliphatic carbocycles. The first-order chi connectivity index (χ1) is 13.6. The van der Waals surface area contributed by atoms with Crippen LogP contribution >= 0.6 is 0 Å². The summed E-state index contributed by atoms with van der Waals surface area (Å²) < 4.78 is 11.3. The molecule has 0 spiro atoms. The molecule has 0 bridgehead atoms. The molecule has 3 N–H and O–H groups in total. The fourth-order valence-electron chi connectivity index (χ4n) is 2.67. The van der Waals surface area contributed by atoms with Crippen LogP contribution in [0.15, 0.2) is 54.6 Å². The Balaban J connectivity index is 1.45. The summed E-state index contributed by atoms with van der Waals surface area (Å²) in [6, 6.07) is 15.3. The summed E-state index contributed by atoms with van der Waals surface area (Å²) in [5.74, 6) is 0.598. The maximum Gasteiger partial charge on any atom is 0.322 e. The zero-order chi connectivity index (χ0) is 19.8. The standard InChI is InChI=1S/C20H21N3O5/c24-18(11-10-16-19(25)23-20(26)22-16)21-15-8-4-5-9-17(15)28-13-12-27-14-6-2-1-3-7-14/h1-9,16H,10-13H2,(H,21,24)(H2,22,23,25,26)/t16-/m0/s1. The second-order valence-corrected chi connectivity index (χ2v) is 6.11. The molecule has 1 heterocycles. The maximum absolute atomic E-state index is 12.2. The van der Waals surface area contributed by atoms with Gasteiger partial charge in [-0.1, -0.05) is 30.3 Å². The maximum atomic E-state index is 12.2. The second kappa shape index (κ2) is 9.40. The number of anilines is 1. The van der Waals surface area contributed by atoms with Crippen molar-refractivity contribution in [1.29, 1.82) is 0 Å². The van der Waals surface area contributed by atoms with Gasteiger partial charge in [0.15, 0.2) is 0 Å². The molecule has 146 valence electrons. The van der Waals surface area contributed by atoms with E-state index in [2.05, 4.69) is 16.0 Å². The zero-order valence-electron chi connectivity index (χ0n) is 15.1. The zero-order valence-corrected chi connectivity index (χ0v) is 15.1. The molecule has 8 nitrogen and oxygen atoms in total. The van der Waals surface area contributed by atoms with Crippen LogP contribution < -0.4 is 25.4 Å². The highest BCUT2D eigenvalue weighted by atomic mass is 16.5. The average molecular weight is 383 g/mol. The summed E-state index contributed by atoms with van der Waals surface area (Å²) in [6.45, 7) is 0.679. The highest BCUT2D eigenvalue weighted by Gasteiger charge is 2.29. The van der Waals surface area contributed by atoms with Gasteiger partial charge in [-0.3, -0.25) is 14.9 Å². The van der Waals surface area contributed by atoms with Crippen LogP contribution in [0.5, 0.6) is 11.5 Å². The number of hydrogen-bond donors (Lipinski definition) is 3. The predicted molar refractivity (Wildman–Crippen MR) is 102 cm³/mol. The first kappa shape index (κ1) is 19.2. The third-order valence-corrected chi connectivity index (χ3v) is 4.03. The molecule has 0 unspecified atom stereocenters. The fourth-order valence-corrected chi connectivity index (χ4v) is 2.67. The average Bonchev–Trinajstić information content (AvgIpc) is 3.03. The Morgan fingerprint density at radius 3 is 2.43 bits per heavy atom. The van der Waals surface area contributed by atoms with E-state index in [1.165, 1.54) is 0 Å². The number of rotatable bonds is 9. The molecule has 1 aliphatic heterocycles. The van der Waals surface area contributed by atoms with Gasteiger partial charge in [0.2, 0.25) is 5.91 Å². The molecule has 4 amide bonds. The van der Waals surface area contributed by atoms with Gasteiger partial charge in [-0.25, -0.2) is 4.79 Å². The monoisotopic (exact) mass is 383 g/mol. The van der Waals surface area contributed by atoms with E-state index in [0.717, 1.165) is 5.75 Å². The van der Waals surface area contributed by atoms with Gasteiger partial charge in [0.05, 0.1) is 5.69 Å². The minimum atomic E-state index is -0.681. The van der Waals surface area contributed by atoms with Crippen molar-refractivity contribution in [2.75, 3.05) is 18.5 Å². The highest BCUT2D eigenvalue weighted by molar-refractivity contribution is 6.04. The third kappa shape index (κ3) is 5.47. The molecular weight excluding hydrogens is 362 g/mol. The molecule has 0 radical (unpaired) electrons. The van der Waals surface area contributed by atoms with E-state index in [0.29, 0.717) is 24.7 Å². The number of carbonyl (C=O) groups excluding carboxylic acids is 3. The summed E-state index contributed by atoms with van der Waals surface area (Å²) in [4.78, 5) is 34.8. The van der Waals surface area contributed by atoms with Gasteiger partial charge < -0.3 is 20.1 Å². The van der Waals surface area contributed by atoms with Crippen molar-refractivity contribution in [2.45, 2.75) is 18.9 Å². The summed E-state index contributed by atoms with van der Waals surface area (Å²) in [6.07, 6.45) is 0.307. The number of nitrogens with one attached hydrogen (secondary N) is 3. The lowest BCUT2D eigenvalue weighted by atomic mass is 10.1. The van der Waals surface area contributed by atoms with Crippen LogP contribution in [0.25, 0.3) is 0 Å². The van der Waals surface area contributed by atoms with Crippen molar-refractivity contribution in [1.82, 2.24) is 10.6 Å². The van der Waals surface area contributed by atoms with E-state index in [9.17, 15) is 14.4 Å². The summed E-state index contributed by atoms with van der Waals surface area (Å²) in [5.41, 5.74) is 0.534. The van der Waals surface area contributed by atoms with Crippen LogP contribution in [0.2, 0.25) is 0 Å². The number of urea groups is 1. The summed E-state index contributed by atoms with van der Waals surface area (Å²) in [5, 5.41) is 7.37. The number of amides is 4. The Morgan fingerprint density at radius 2 is 1.68 bits per heavy atom. The molecule has 2 aromatic carbocycles. The minimum Gasteiger partial charge on any atom is -0.490 e. The molecule has 0 aromatic heterocycles. The van der Waals surface area contributed by atoms with Crippen molar-refractivity contribution in [2.24, 2.45) is 0 Å². The molecule has 28 heavy (non-hydrogen) atoms. The van der Waals surface area contributed by atoms with Gasteiger partial charge in [-0.05, 0) is 30.7 Å². The molecule has 8 heteroatoms. The van der Waals surface area contributed by atoms with Gasteiger partial charge in [-0.2, -0.15) is 0 Å². The van der Waals surface area contributed by atoms with Crippen LogP contribution in [0, 0.1) is 0 Å². The first-order valence-corrected chi connectivity index (χ1v) is 8.93. The first-order valence-electron chi connectivity index (χ1n) is 8.93. The number of ether oxygens (including phenoxy) is 2. The lowest BCUT2D eigenvalue weighted by Crippen LogP contribution is -2.30. The second-order valence-electron chi connectivity index (χ2n) is 6.11. The van der Waals surface area contributed by atoms with Crippen LogP contribution in [0.4, 0.5) is 10.5 Å². The van der Waals surface area contributed by atoms with Crippen LogP contribution in [0.3, 0.4) is 0 Å². The van der Waals surface area contributed by atoms with Gasteiger partial charge in [0, 0.05) is 6.42 Å². The topological polar surface area (TPSA) is 106 Å². The van der Waals surface area contributed by atoms with Crippen LogP contribution in [0.1, 0.15) is 12.8 Å². The quantitative estimate of drug-likeness (QED) is 0.454. The number of carbonyl (C=O) groups is 3. The SMILES string of the molecule is O=C(CC[C@@H]1NC(=O)NC1=O)Nc1ccccc1OCCOc1ccccc1. The lowest BCUT2D eigenvalue weighted by molar-refractivity contribution is -0.120. The van der Waals surface area contributed by atoms with Crippen molar-refractivity contribution < 1.29 is 23.9 Å². The predicted octanol–water partition coefficient (Wildman–Crippen LogP) is 2.07. The molecule has 1 aliphatic rings. The highest BCUT2D eigenvalue weighted by Crippen LogP contribution is 2.24. The van der Waals surface area contributed by atoms with E-state index in [1.807, 2.05) is 30.3 Å². The lowest BCUT2D eigenvalue weighted by Gasteiger charge is -2.13. The van der Waals surface area contributed by atoms with E-state index in [4.69, 9.17) is 9.47 Å². The molecule has 1 saturated heterocycles.